The molecule has 0 aliphatic carbocycles. The molecule has 0 spiro atoms. The van der Waals surface area contributed by atoms with Crippen molar-refractivity contribution in [1.29, 1.82) is 0 Å². The summed E-state index contributed by atoms with van der Waals surface area (Å²) in [5.41, 5.74) is 0. The maximum atomic E-state index is 11.8. The summed E-state index contributed by atoms with van der Waals surface area (Å²) in [5, 5.41) is 3.16. The molecule has 1 aliphatic rings. The molecule has 1 amide bonds. The first kappa shape index (κ1) is 14.0. The summed E-state index contributed by atoms with van der Waals surface area (Å²) in [6, 6.07) is -0.0254. The molecule has 0 radical (unpaired) electrons. The summed E-state index contributed by atoms with van der Waals surface area (Å²) in [4.78, 5) is 24.8. The highest BCUT2D eigenvalue weighted by Gasteiger charge is 2.30. The molecule has 0 bridgehead atoms. The highest BCUT2D eigenvalue weighted by molar-refractivity contribution is 5.84. The van der Waals surface area contributed by atoms with Gasteiger partial charge in [-0.2, -0.15) is 0 Å². The zero-order valence-electron chi connectivity index (χ0n) is 10.7. The molecular weight excluding hydrogens is 220 g/mol. The molecule has 0 aromatic carbocycles. The fraction of sp³-hybridized carbons (Fsp3) is 0.833. The van der Waals surface area contributed by atoms with Crippen LogP contribution >= 0.6 is 0 Å². The Balaban J connectivity index is 2.20. The molecule has 1 rings (SSSR count). The first-order valence-corrected chi connectivity index (χ1v) is 6.36. The van der Waals surface area contributed by atoms with Crippen molar-refractivity contribution < 1.29 is 14.3 Å². The number of carbonyl (C=O) groups is 2. The van der Waals surface area contributed by atoms with Crippen LogP contribution in [0.25, 0.3) is 0 Å². The maximum absolute atomic E-state index is 11.8. The van der Waals surface area contributed by atoms with E-state index in [-0.39, 0.29) is 17.9 Å². The molecular formula is C12H22N2O3. The minimum Gasteiger partial charge on any atom is -0.466 e. The van der Waals surface area contributed by atoms with Crippen LogP contribution in [0.1, 0.15) is 33.1 Å². The van der Waals surface area contributed by atoms with E-state index in [1.54, 1.807) is 6.92 Å². The van der Waals surface area contributed by atoms with Gasteiger partial charge in [0.05, 0.1) is 12.6 Å². The van der Waals surface area contributed by atoms with Gasteiger partial charge in [-0.3, -0.25) is 9.59 Å². The van der Waals surface area contributed by atoms with E-state index >= 15 is 0 Å². The highest BCUT2D eigenvalue weighted by Crippen LogP contribution is 2.12. The summed E-state index contributed by atoms with van der Waals surface area (Å²) < 4.78 is 4.84. The summed E-state index contributed by atoms with van der Waals surface area (Å²) in [6.07, 6.45) is 1.94. The Morgan fingerprint density at radius 1 is 1.53 bits per heavy atom. The molecule has 5 heteroatoms. The summed E-state index contributed by atoms with van der Waals surface area (Å²) in [5.74, 6) is -0.0157. The molecule has 0 aromatic rings. The molecule has 0 aromatic heterocycles. The van der Waals surface area contributed by atoms with Gasteiger partial charge in [0.1, 0.15) is 0 Å². The van der Waals surface area contributed by atoms with Crippen LogP contribution in [0.2, 0.25) is 0 Å². The minimum atomic E-state index is -0.178. The van der Waals surface area contributed by atoms with Crippen molar-refractivity contribution in [2.24, 2.45) is 0 Å². The van der Waals surface area contributed by atoms with E-state index in [0.29, 0.717) is 26.0 Å². The smallest absolute Gasteiger partial charge is 0.305 e. The SMILES string of the molecule is CCNC1CCN(CCCC(=O)OCC)C1=O. The Labute approximate surface area is 102 Å². The summed E-state index contributed by atoms with van der Waals surface area (Å²) in [6.45, 7) is 6.47. The average molecular weight is 242 g/mol. The van der Waals surface area contributed by atoms with Crippen LogP contribution in [0.15, 0.2) is 0 Å². The van der Waals surface area contributed by atoms with E-state index in [0.717, 1.165) is 19.5 Å². The lowest BCUT2D eigenvalue weighted by atomic mass is 10.2. The Bertz CT molecular complexity index is 268. The predicted octanol–water partition coefficient (Wildman–Crippen LogP) is 0.540. The number of nitrogens with one attached hydrogen (secondary N) is 1. The first-order valence-electron chi connectivity index (χ1n) is 6.36. The van der Waals surface area contributed by atoms with Crippen LogP contribution < -0.4 is 5.32 Å². The molecule has 1 N–H and O–H groups in total. The van der Waals surface area contributed by atoms with E-state index in [1.807, 2.05) is 11.8 Å². The topological polar surface area (TPSA) is 58.6 Å². The number of nitrogens with zero attached hydrogens (tertiary/aromatic N) is 1. The second kappa shape index (κ2) is 7.27. The normalized spacial score (nSPS) is 19.8. The molecule has 17 heavy (non-hydrogen) atoms. The third-order valence-corrected chi connectivity index (χ3v) is 2.86. The standard InChI is InChI=1S/C12H22N2O3/c1-3-13-10-7-9-14(12(10)16)8-5-6-11(15)17-4-2/h10,13H,3-9H2,1-2H3. The van der Waals surface area contributed by atoms with Gasteiger partial charge in [0.25, 0.3) is 0 Å². The fourth-order valence-electron chi connectivity index (χ4n) is 2.04. The van der Waals surface area contributed by atoms with Crippen molar-refractivity contribution in [1.82, 2.24) is 10.2 Å². The zero-order chi connectivity index (χ0) is 12.7. The number of amides is 1. The van der Waals surface area contributed by atoms with Crippen LogP contribution in [-0.2, 0) is 14.3 Å². The lowest BCUT2D eigenvalue weighted by Gasteiger charge is -2.16. The molecule has 1 saturated heterocycles. The molecule has 1 unspecified atom stereocenters. The first-order chi connectivity index (χ1) is 8.19. The molecule has 5 nitrogen and oxygen atoms in total. The van der Waals surface area contributed by atoms with Gasteiger partial charge in [-0.25, -0.2) is 0 Å². The van der Waals surface area contributed by atoms with Gasteiger partial charge in [0.15, 0.2) is 0 Å². The molecule has 1 fully saturated rings. The summed E-state index contributed by atoms with van der Waals surface area (Å²) >= 11 is 0. The van der Waals surface area contributed by atoms with Gasteiger partial charge in [0, 0.05) is 19.5 Å². The van der Waals surface area contributed by atoms with Crippen molar-refractivity contribution in [3.8, 4) is 0 Å². The number of likely N-dealkylation sites (tertiary alicyclic amines) is 1. The van der Waals surface area contributed by atoms with Crippen LogP contribution in [0, 0.1) is 0 Å². The second-order valence-electron chi connectivity index (χ2n) is 4.13. The van der Waals surface area contributed by atoms with E-state index < -0.39 is 0 Å². The number of rotatable bonds is 7. The minimum absolute atomic E-state index is 0.0254. The average Bonchev–Trinajstić information content (AvgIpc) is 2.63. The molecule has 98 valence electrons. The largest absolute Gasteiger partial charge is 0.466 e. The van der Waals surface area contributed by atoms with Gasteiger partial charge >= 0.3 is 5.97 Å². The van der Waals surface area contributed by atoms with Gasteiger partial charge in [-0.1, -0.05) is 6.92 Å². The van der Waals surface area contributed by atoms with Gasteiger partial charge in [-0.05, 0) is 26.3 Å². The van der Waals surface area contributed by atoms with E-state index in [9.17, 15) is 9.59 Å². The lowest BCUT2D eigenvalue weighted by molar-refractivity contribution is -0.143. The van der Waals surface area contributed by atoms with Crippen molar-refractivity contribution in [2.75, 3.05) is 26.2 Å². The van der Waals surface area contributed by atoms with Crippen molar-refractivity contribution in [2.45, 2.75) is 39.2 Å². The highest BCUT2D eigenvalue weighted by atomic mass is 16.5. The van der Waals surface area contributed by atoms with E-state index in [2.05, 4.69) is 5.32 Å². The Kier molecular flexibility index (Phi) is 5.97. The number of likely N-dealkylation sites (N-methyl/N-ethyl adjacent to an activating group) is 1. The predicted molar refractivity (Wildman–Crippen MR) is 64.5 cm³/mol. The number of hydrogen-bond donors (Lipinski definition) is 1. The third-order valence-electron chi connectivity index (χ3n) is 2.86. The lowest BCUT2D eigenvalue weighted by Crippen LogP contribution is -2.38. The Hall–Kier alpha value is -1.10. The number of hydrogen-bond acceptors (Lipinski definition) is 4. The van der Waals surface area contributed by atoms with Gasteiger partial charge < -0.3 is 15.0 Å². The second-order valence-corrected chi connectivity index (χ2v) is 4.13. The fourth-order valence-corrected chi connectivity index (χ4v) is 2.04. The van der Waals surface area contributed by atoms with Crippen molar-refractivity contribution >= 4 is 11.9 Å². The molecule has 1 atom stereocenters. The van der Waals surface area contributed by atoms with E-state index in [4.69, 9.17) is 4.74 Å². The molecule has 1 heterocycles. The van der Waals surface area contributed by atoms with Crippen LogP contribution in [0.5, 0.6) is 0 Å². The zero-order valence-corrected chi connectivity index (χ0v) is 10.7. The van der Waals surface area contributed by atoms with Crippen molar-refractivity contribution in [3.63, 3.8) is 0 Å². The van der Waals surface area contributed by atoms with E-state index in [1.165, 1.54) is 0 Å². The molecule has 0 saturated carbocycles. The van der Waals surface area contributed by atoms with Crippen molar-refractivity contribution in [3.05, 3.63) is 0 Å². The molecule has 1 aliphatic heterocycles. The number of esters is 1. The number of carbonyl (C=O) groups excluding carboxylic acids is 2. The van der Waals surface area contributed by atoms with Gasteiger partial charge in [-0.15, -0.1) is 0 Å². The maximum Gasteiger partial charge on any atom is 0.305 e. The quantitative estimate of drug-likeness (QED) is 0.662. The Morgan fingerprint density at radius 3 is 2.94 bits per heavy atom. The third kappa shape index (κ3) is 4.34. The summed E-state index contributed by atoms with van der Waals surface area (Å²) in [7, 11) is 0. The monoisotopic (exact) mass is 242 g/mol. The number of ether oxygens (including phenoxy) is 1. The van der Waals surface area contributed by atoms with Crippen LogP contribution in [0.3, 0.4) is 0 Å². The van der Waals surface area contributed by atoms with Crippen LogP contribution in [0.4, 0.5) is 0 Å². The van der Waals surface area contributed by atoms with Gasteiger partial charge in [0.2, 0.25) is 5.91 Å². The van der Waals surface area contributed by atoms with Crippen LogP contribution in [-0.4, -0.2) is 49.1 Å². The Morgan fingerprint density at radius 2 is 2.29 bits per heavy atom.